The van der Waals surface area contributed by atoms with Crippen molar-refractivity contribution in [3.8, 4) is 0 Å². The first-order valence-electron chi connectivity index (χ1n) is 4.64. The second-order valence-corrected chi connectivity index (χ2v) is 4.09. The number of nitrogens with two attached hydrogens (primary N) is 1. The molecule has 0 bridgehead atoms. The average Bonchev–Trinajstić information content (AvgIpc) is 2.10. The zero-order chi connectivity index (χ0) is 10.1. The fourth-order valence-electron chi connectivity index (χ4n) is 1.19. The zero-order valence-electron chi connectivity index (χ0n) is 8.16. The molecular formula is C9H19NO2S. The maximum atomic E-state index is 10.8. The number of carboxylic acid groups (broad SMARTS) is 1. The first-order valence-corrected chi connectivity index (χ1v) is 6.03. The smallest absolute Gasteiger partial charge is 0.306 e. The van der Waals surface area contributed by atoms with Gasteiger partial charge in [0.25, 0.3) is 0 Å². The third kappa shape index (κ3) is 6.90. The van der Waals surface area contributed by atoms with Crippen molar-refractivity contribution < 1.29 is 9.90 Å². The van der Waals surface area contributed by atoms with Gasteiger partial charge in [-0.1, -0.05) is 6.42 Å². The number of rotatable bonds is 8. The van der Waals surface area contributed by atoms with Crippen LogP contribution >= 0.6 is 11.8 Å². The lowest BCUT2D eigenvalue weighted by atomic mass is 9.99. The fourth-order valence-corrected chi connectivity index (χ4v) is 1.71. The third-order valence-corrected chi connectivity index (χ3v) is 2.67. The standard InChI is InChI=1S/C9H19NO2S/c1-13-7-5-8(9(11)12)4-2-3-6-10/h8H,2-7,10H2,1H3,(H,11,12). The van der Waals surface area contributed by atoms with Crippen LogP contribution in [0.25, 0.3) is 0 Å². The Labute approximate surface area is 84.1 Å². The Morgan fingerprint density at radius 1 is 1.46 bits per heavy atom. The highest BCUT2D eigenvalue weighted by Gasteiger charge is 2.15. The Morgan fingerprint density at radius 3 is 2.62 bits per heavy atom. The molecule has 1 atom stereocenters. The summed E-state index contributed by atoms with van der Waals surface area (Å²) in [6, 6.07) is 0. The highest BCUT2D eigenvalue weighted by molar-refractivity contribution is 7.98. The molecule has 3 N–H and O–H groups in total. The van der Waals surface area contributed by atoms with Crippen molar-refractivity contribution in [3.05, 3.63) is 0 Å². The summed E-state index contributed by atoms with van der Waals surface area (Å²) < 4.78 is 0. The van der Waals surface area contributed by atoms with Gasteiger partial charge in [0, 0.05) is 0 Å². The van der Waals surface area contributed by atoms with E-state index in [4.69, 9.17) is 10.8 Å². The molecule has 0 saturated heterocycles. The number of carboxylic acids is 1. The molecule has 78 valence electrons. The molecule has 3 nitrogen and oxygen atoms in total. The molecule has 0 fully saturated rings. The van der Waals surface area contributed by atoms with Gasteiger partial charge < -0.3 is 10.8 Å². The van der Waals surface area contributed by atoms with Crippen LogP contribution in [0.5, 0.6) is 0 Å². The van der Waals surface area contributed by atoms with E-state index < -0.39 is 5.97 Å². The molecule has 0 rings (SSSR count). The molecule has 0 aromatic heterocycles. The SMILES string of the molecule is CSCCC(CCCCN)C(=O)O. The number of hydrogen-bond donors (Lipinski definition) is 2. The van der Waals surface area contributed by atoms with Gasteiger partial charge >= 0.3 is 5.97 Å². The second-order valence-electron chi connectivity index (χ2n) is 3.10. The van der Waals surface area contributed by atoms with Gasteiger partial charge in [0.05, 0.1) is 5.92 Å². The van der Waals surface area contributed by atoms with Gasteiger partial charge in [-0.15, -0.1) is 0 Å². The Bertz CT molecular complexity index is 142. The zero-order valence-corrected chi connectivity index (χ0v) is 8.98. The number of thioether (sulfide) groups is 1. The van der Waals surface area contributed by atoms with Crippen LogP contribution in [-0.2, 0) is 4.79 Å². The summed E-state index contributed by atoms with van der Waals surface area (Å²) in [6.45, 7) is 0.662. The molecule has 0 heterocycles. The molecule has 1 unspecified atom stereocenters. The van der Waals surface area contributed by atoms with Crippen LogP contribution in [-0.4, -0.2) is 29.6 Å². The van der Waals surface area contributed by atoms with Gasteiger partial charge in [-0.05, 0) is 37.8 Å². The predicted molar refractivity (Wildman–Crippen MR) is 57.0 cm³/mol. The normalized spacial score (nSPS) is 12.8. The Kier molecular flexibility index (Phi) is 8.24. The quantitative estimate of drug-likeness (QED) is 0.590. The third-order valence-electron chi connectivity index (χ3n) is 2.03. The largest absolute Gasteiger partial charge is 0.481 e. The molecule has 13 heavy (non-hydrogen) atoms. The van der Waals surface area contributed by atoms with Crippen molar-refractivity contribution in [2.24, 2.45) is 11.7 Å². The second kappa shape index (κ2) is 8.38. The van der Waals surface area contributed by atoms with Gasteiger partial charge in [-0.25, -0.2) is 0 Å². The summed E-state index contributed by atoms with van der Waals surface area (Å²) in [6.07, 6.45) is 5.41. The van der Waals surface area contributed by atoms with Crippen LogP contribution in [0.4, 0.5) is 0 Å². The van der Waals surface area contributed by atoms with E-state index in [2.05, 4.69) is 0 Å². The van der Waals surface area contributed by atoms with Crippen LogP contribution in [0.15, 0.2) is 0 Å². The molecule has 0 amide bonds. The molecule has 0 radical (unpaired) electrons. The van der Waals surface area contributed by atoms with E-state index >= 15 is 0 Å². The van der Waals surface area contributed by atoms with E-state index in [1.54, 1.807) is 11.8 Å². The lowest BCUT2D eigenvalue weighted by molar-refractivity contribution is -0.142. The van der Waals surface area contributed by atoms with E-state index in [1.165, 1.54) is 0 Å². The minimum atomic E-state index is -0.661. The van der Waals surface area contributed by atoms with E-state index in [1.807, 2.05) is 6.26 Å². The van der Waals surface area contributed by atoms with E-state index in [-0.39, 0.29) is 5.92 Å². The summed E-state index contributed by atoms with van der Waals surface area (Å²) >= 11 is 1.70. The van der Waals surface area contributed by atoms with Crippen molar-refractivity contribution in [2.45, 2.75) is 25.7 Å². The van der Waals surface area contributed by atoms with Gasteiger partial charge in [-0.3, -0.25) is 4.79 Å². The molecule has 0 aliphatic rings. The first kappa shape index (κ1) is 12.8. The number of hydrogen-bond acceptors (Lipinski definition) is 3. The molecule has 0 aliphatic heterocycles. The van der Waals surface area contributed by atoms with Crippen LogP contribution < -0.4 is 5.73 Å². The lowest BCUT2D eigenvalue weighted by Gasteiger charge is -2.10. The number of aliphatic carboxylic acids is 1. The van der Waals surface area contributed by atoms with Crippen molar-refractivity contribution in [3.63, 3.8) is 0 Å². The van der Waals surface area contributed by atoms with Crippen LogP contribution in [0.3, 0.4) is 0 Å². The van der Waals surface area contributed by atoms with E-state index in [0.717, 1.165) is 31.4 Å². The summed E-state index contributed by atoms with van der Waals surface area (Å²) in [5.41, 5.74) is 5.34. The highest BCUT2D eigenvalue weighted by Crippen LogP contribution is 2.15. The average molecular weight is 205 g/mol. The molecule has 0 saturated carbocycles. The van der Waals surface area contributed by atoms with Gasteiger partial charge in [0.1, 0.15) is 0 Å². The fraction of sp³-hybridized carbons (Fsp3) is 0.889. The monoisotopic (exact) mass is 205 g/mol. The molecule has 4 heteroatoms. The molecular weight excluding hydrogens is 186 g/mol. The van der Waals surface area contributed by atoms with Crippen LogP contribution in [0, 0.1) is 5.92 Å². The minimum absolute atomic E-state index is 0.168. The maximum absolute atomic E-state index is 10.8. The summed E-state index contributed by atoms with van der Waals surface area (Å²) in [7, 11) is 0. The molecule has 0 aromatic rings. The van der Waals surface area contributed by atoms with E-state index in [0.29, 0.717) is 6.54 Å². The summed E-state index contributed by atoms with van der Waals surface area (Å²) in [5, 5.41) is 8.86. The van der Waals surface area contributed by atoms with Crippen LogP contribution in [0.1, 0.15) is 25.7 Å². The van der Waals surface area contributed by atoms with Gasteiger partial charge in [0.15, 0.2) is 0 Å². The van der Waals surface area contributed by atoms with Gasteiger partial charge in [0.2, 0.25) is 0 Å². The topological polar surface area (TPSA) is 63.3 Å². The maximum Gasteiger partial charge on any atom is 0.306 e. The summed E-state index contributed by atoms with van der Waals surface area (Å²) in [5.74, 6) is 0.102. The van der Waals surface area contributed by atoms with Crippen molar-refractivity contribution in [1.82, 2.24) is 0 Å². The first-order chi connectivity index (χ1) is 6.22. The van der Waals surface area contributed by atoms with Crippen LogP contribution in [0.2, 0.25) is 0 Å². The molecule has 0 aliphatic carbocycles. The summed E-state index contributed by atoms with van der Waals surface area (Å²) in [4.78, 5) is 10.8. The Hall–Kier alpha value is -0.220. The Balaban J connectivity index is 3.61. The molecule has 0 spiro atoms. The number of unbranched alkanes of at least 4 members (excludes halogenated alkanes) is 1. The lowest BCUT2D eigenvalue weighted by Crippen LogP contribution is -2.15. The van der Waals surface area contributed by atoms with Crippen molar-refractivity contribution in [2.75, 3.05) is 18.6 Å². The minimum Gasteiger partial charge on any atom is -0.481 e. The molecule has 0 aromatic carbocycles. The highest BCUT2D eigenvalue weighted by atomic mass is 32.2. The van der Waals surface area contributed by atoms with Crippen molar-refractivity contribution in [1.29, 1.82) is 0 Å². The predicted octanol–water partition coefficient (Wildman–Crippen LogP) is 1.57. The van der Waals surface area contributed by atoms with E-state index in [9.17, 15) is 4.79 Å². The van der Waals surface area contributed by atoms with Gasteiger partial charge in [-0.2, -0.15) is 11.8 Å². The number of carbonyl (C=O) groups is 1. The van der Waals surface area contributed by atoms with Crippen molar-refractivity contribution >= 4 is 17.7 Å². The Morgan fingerprint density at radius 2 is 2.15 bits per heavy atom.